The molecule has 0 atom stereocenters. The predicted octanol–water partition coefficient (Wildman–Crippen LogP) is 4.05. The van der Waals surface area contributed by atoms with Gasteiger partial charge in [0, 0.05) is 41.3 Å². The monoisotopic (exact) mass is 373 g/mol. The molecule has 6 heteroatoms. The Bertz CT molecular complexity index is 968. The number of pyridine rings is 3. The molecule has 1 aliphatic rings. The highest BCUT2D eigenvalue weighted by atomic mass is 16.1. The molecule has 3 heterocycles. The number of primary amides is 1. The number of hydrogen-bond donors (Lipinski definition) is 2. The molecule has 3 aromatic rings. The van der Waals surface area contributed by atoms with Crippen molar-refractivity contribution in [2.24, 2.45) is 5.73 Å². The van der Waals surface area contributed by atoms with Crippen molar-refractivity contribution in [3.05, 3.63) is 60.6 Å². The van der Waals surface area contributed by atoms with Crippen molar-refractivity contribution in [3.8, 4) is 22.5 Å². The summed E-state index contributed by atoms with van der Waals surface area (Å²) in [6.45, 7) is 0. The predicted molar refractivity (Wildman–Crippen MR) is 110 cm³/mol. The molecule has 3 aromatic heterocycles. The fraction of sp³-hybridized carbons (Fsp3) is 0.273. The third-order valence-electron chi connectivity index (χ3n) is 5.10. The second kappa shape index (κ2) is 8.17. The topological polar surface area (TPSA) is 93.8 Å². The van der Waals surface area contributed by atoms with E-state index in [2.05, 4.69) is 15.3 Å². The van der Waals surface area contributed by atoms with Gasteiger partial charge in [0.05, 0.1) is 11.4 Å². The van der Waals surface area contributed by atoms with Crippen LogP contribution in [0.15, 0.2) is 55.0 Å². The fourth-order valence-corrected chi connectivity index (χ4v) is 3.62. The first-order chi connectivity index (χ1) is 13.7. The van der Waals surface area contributed by atoms with E-state index < -0.39 is 5.91 Å². The van der Waals surface area contributed by atoms with E-state index >= 15 is 0 Å². The number of carbonyl (C=O) groups is 1. The van der Waals surface area contributed by atoms with Crippen molar-refractivity contribution in [2.75, 3.05) is 5.32 Å². The molecule has 0 saturated heterocycles. The fourth-order valence-electron chi connectivity index (χ4n) is 3.62. The lowest BCUT2D eigenvalue weighted by molar-refractivity contribution is 0.100. The first-order valence-electron chi connectivity index (χ1n) is 9.64. The van der Waals surface area contributed by atoms with Gasteiger partial charge in [-0.25, -0.2) is 9.97 Å². The van der Waals surface area contributed by atoms with Crippen molar-refractivity contribution in [2.45, 2.75) is 38.1 Å². The van der Waals surface area contributed by atoms with E-state index in [-0.39, 0.29) is 0 Å². The first-order valence-corrected chi connectivity index (χ1v) is 9.64. The van der Waals surface area contributed by atoms with Gasteiger partial charge in [-0.2, -0.15) is 0 Å². The average Bonchev–Trinajstić information content (AvgIpc) is 2.75. The zero-order valence-corrected chi connectivity index (χ0v) is 15.6. The maximum atomic E-state index is 11.9. The number of rotatable bonds is 5. The Hall–Kier alpha value is -3.28. The molecule has 0 unspecified atom stereocenters. The van der Waals surface area contributed by atoms with E-state index in [9.17, 15) is 4.79 Å². The Balaban J connectivity index is 1.69. The number of carbonyl (C=O) groups excluding carboxylic acids is 1. The summed E-state index contributed by atoms with van der Waals surface area (Å²) >= 11 is 0. The van der Waals surface area contributed by atoms with Gasteiger partial charge in [0.15, 0.2) is 0 Å². The zero-order chi connectivity index (χ0) is 19.3. The molecule has 6 nitrogen and oxygen atoms in total. The van der Waals surface area contributed by atoms with Gasteiger partial charge in [-0.1, -0.05) is 19.3 Å². The number of aromatic nitrogens is 3. The molecule has 142 valence electrons. The Morgan fingerprint density at radius 3 is 2.32 bits per heavy atom. The highest BCUT2D eigenvalue weighted by Gasteiger charge is 2.15. The number of anilines is 1. The summed E-state index contributed by atoms with van der Waals surface area (Å²) in [4.78, 5) is 25.1. The summed E-state index contributed by atoms with van der Waals surface area (Å²) in [5.41, 5.74) is 9.14. The molecule has 3 N–H and O–H groups in total. The lowest BCUT2D eigenvalue weighted by atomic mass is 9.95. The van der Waals surface area contributed by atoms with E-state index in [1.165, 1.54) is 32.1 Å². The highest BCUT2D eigenvalue weighted by Crippen LogP contribution is 2.27. The average molecular weight is 373 g/mol. The van der Waals surface area contributed by atoms with Gasteiger partial charge in [0.2, 0.25) is 5.91 Å². The van der Waals surface area contributed by atoms with E-state index in [0.29, 0.717) is 23.0 Å². The SMILES string of the molecule is NC(=O)c1cc(-c2ccncc2)nc(-c2ccnc(NC3CCCCC3)c2)c1. The zero-order valence-electron chi connectivity index (χ0n) is 15.6. The molecular weight excluding hydrogens is 350 g/mol. The molecule has 0 aliphatic heterocycles. The van der Waals surface area contributed by atoms with Crippen LogP contribution in [-0.4, -0.2) is 26.9 Å². The van der Waals surface area contributed by atoms with Crippen LogP contribution in [0.2, 0.25) is 0 Å². The van der Waals surface area contributed by atoms with Crippen LogP contribution >= 0.6 is 0 Å². The van der Waals surface area contributed by atoms with Gasteiger partial charge in [0.25, 0.3) is 0 Å². The normalized spacial score (nSPS) is 14.6. The molecule has 0 bridgehead atoms. The smallest absolute Gasteiger partial charge is 0.248 e. The molecule has 4 rings (SSSR count). The standard InChI is InChI=1S/C22H23N5O/c23-22(28)17-12-19(15-6-9-24-10-7-15)27-20(13-17)16-8-11-25-21(14-16)26-18-4-2-1-3-5-18/h6-14,18H,1-5H2,(H2,23,28)(H,25,26). The largest absolute Gasteiger partial charge is 0.367 e. The van der Waals surface area contributed by atoms with Crippen molar-refractivity contribution < 1.29 is 4.79 Å². The van der Waals surface area contributed by atoms with Crippen LogP contribution in [0.5, 0.6) is 0 Å². The van der Waals surface area contributed by atoms with Crippen LogP contribution in [0.3, 0.4) is 0 Å². The molecule has 28 heavy (non-hydrogen) atoms. The second-order valence-electron chi connectivity index (χ2n) is 7.14. The molecule has 0 spiro atoms. The lowest BCUT2D eigenvalue weighted by Crippen LogP contribution is -2.22. The molecule has 0 aromatic carbocycles. The van der Waals surface area contributed by atoms with Gasteiger partial charge >= 0.3 is 0 Å². The summed E-state index contributed by atoms with van der Waals surface area (Å²) in [6, 6.07) is 11.5. The minimum Gasteiger partial charge on any atom is -0.367 e. The van der Waals surface area contributed by atoms with Crippen molar-refractivity contribution in [3.63, 3.8) is 0 Å². The van der Waals surface area contributed by atoms with Crippen molar-refractivity contribution in [1.82, 2.24) is 15.0 Å². The van der Waals surface area contributed by atoms with Gasteiger partial charge in [0.1, 0.15) is 5.82 Å². The van der Waals surface area contributed by atoms with Crippen molar-refractivity contribution >= 4 is 11.7 Å². The summed E-state index contributed by atoms with van der Waals surface area (Å²) < 4.78 is 0. The summed E-state index contributed by atoms with van der Waals surface area (Å²) in [7, 11) is 0. The van der Waals surface area contributed by atoms with Crippen LogP contribution in [-0.2, 0) is 0 Å². The van der Waals surface area contributed by atoms with Crippen LogP contribution in [0.1, 0.15) is 42.5 Å². The van der Waals surface area contributed by atoms with Gasteiger partial charge in [-0.05, 0) is 49.2 Å². The van der Waals surface area contributed by atoms with Crippen LogP contribution in [0, 0.1) is 0 Å². The number of hydrogen-bond acceptors (Lipinski definition) is 5. The number of nitrogens with one attached hydrogen (secondary N) is 1. The van der Waals surface area contributed by atoms with Crippen LogP contribution in [0.25, 0.3) is 22.5 Å². The third kappa shape index (κ3) is 4.17. The summed E-state index contributed by atoms with van der Waals surface area (Å²) in [5, 5.41) is 3.54. The van der Waals surface area contributed by atoms with Gasteiger partial charge in [-0.3, -0.25) is 9.78 Å². The Labute approximate surface area is 164 Å². The molecule has 0 radical (unpaired) electrons. The Kier molecular flexibility index (Phi) is 5.28. The van der Waals surface area contributed by atoms with Crippen molar-refractivity contribution in [1.29, 1.82) is 0 Å². The maximum Gasteiger partial charge on any atom is 0.248 e. The van der Waals surface area contributed by atoms with E-state index in [0.717, 1.165) is 16.9 Å². The lowest BCUT2D eigenvalue weighted by Gasteiger charge is -2.23. The minimum absolute atomic E-state index is 0.426. The third-order valence-corrected chi connectivity index (χ3v) is 5.10. The molecular formula is C22H23N5O. The Morgan fingerprint density at radius 1 is 0.929 bits per heavy atom. The minimum atomic E-state index is -0.478. The van der Waals surface area contributed by atoms with E-state index in [4.69, 9.17) is 10.7 Å². The number of nitrogens with zero attached hydrogens (tertiary/aromatic N) is 3. The molecule has 1 fully saturated rings. The van der Waals surface area contributed by atoms with Gasteiger partial charge in [-0.15, -0.1) is 0 Å². The quantitative estimate of drug-likeness (QED) is 0.704. The summed E-state index contributed by atoms with van der Waals surface area (Å²) in [6.07, 6.45) is 11.3. The van der Waals surface area contributed by atoms with Gasteiger partial charge < -0.3 is 11.1 Å². The maximum absolute atomic E-state index is 11.9. The first kappa shape index (κ1) is 18.1. The molecule has 1 amide bonds. The highest BCUT2D eigenvalue weighted by molar-refractivity contribution is 5.95. The number of nitrogens with two attached hydrogens (primary N) is 1. The van der Waals surface area contributed by atoms with Crippen LogP contribution in [0.4, 0.5) is 5.82 Å². The number of amides is 1. The molecule has 1 aliphatic carbocycles. The van der Waals surface area contributed by atoms with E-state index in [1.54, 1.807) is 30.7 Å². The Morgan fingerprint density at radius 2 is 1.61 bits per heavy atom. The molecule has 1 saturated carbocycles. The van der Waals surface area contributed by atoms with E-state index in [1.807, 2.05) is 24.3 Å². The van der Waals surface area contributed by atoms with Crippen LogP contribution < -0.4 is 11.1 Å². The second-order valence-corrected chi connectivity index (χ2v) is 7.14. The summed E-state index contributed by atoms with van der Waals surface area (Å²) in [5.74, 6) is 0.356.